The molecule has 0 fully saturated rings. The molecular weight excluding hydrogens is 328 g/mol. The Morgan fingerprint density at radius 2 is 2.00 bits per heavy atom. The summed E-state index contributed by atoms with van der Waals surface area (Å²) in [6.45, 7) is 6.75. The van der Waals surface area contributed by atoms with Crippen molar-refractivity contribution in [2.45, 2.75) is 63.0 Å². The summed E-state index contributed by atoms with van der Waals surface area (Å²) >= 11 is 1.28. The van der Waals surface area contributed by atoms with Crippen LogP contribution in [-0.4, -0.2) is 50.9 Å². The highest BCUT2D eigenvalue weighted by atomic mass is 32.2. The third-order valence-corrected chi connectivity index (χ3v) is 4.77. The number of carbonyl (C=O) groups excluding carboxylic acids is 2. The molecule has 24 heavy (non-hydrogen) atoms. The van der Waals surface area contributed by atoms with Crippen LogP contribution in [0.3, 0.4) is 0 Å². The van der Waals surface area contributed by atoms with Gasteiger partial charge in [0.05, 0.1) is 11.3 Å². The second-order valence-corrected chi connectivity index (χ2v) is 7.16. The number of aromatic nitrogens is 3. The van der Waals surface area contributed by atoms with Crippen LogP contribution in [0.4, 0.5) is 4.79 Å². The van der Waals surface area contributed by atoms with E-state index in [9.17, 15) is 9.59 Å². The standard InChI is InChI=1S/C15H28N6O2S/c1-6-8-9-21-12(11(7-2)20(4)5)18-19-15(21)24-10(3)13(22)17-14(16)23/h10-11H,6-9H2,1-5H3,(H3,16,17,22,23)/t10-,11-/m1/s1. The highest BCUT2D eigenvalue weighted by Gasteiger charge is 2.24. The first kappa shape index (κ1) is 20.4. The van der Waals surface area contributed by atoms with E-state index in [2.05, 4.69) is 38.8 Å². The quantitative estimate of drug-likeness (QED) is 0.653. The molecular formula is C15H28N6O2S. The van der Waals surface area contributed by atoms with Crippen molar-refractivity contribution in [3.8, 4) is 0 Å². The van der Waals surface area contributed by atoms with E-state index >= 15 is 0 Å². The fraction of sp³-hybridized carbons (Fsp3) is 0.733. The Kier molecular flexibility index (Phi) is 8.20. The van der Waals surface area contributed by atoms with Gasteiger partial charge in [0.25, 0.3) is 0 Å². The van der Waals surface area contributed by atoms with Gasteiger partial charge in [0.1, 0.15) is 0 Å². The van der Waals surface area contributed by atoms with Gasteiger partial charge in [0.2, 0.25) is 5.91 Å². The van der Waals surface area contributed by atoms with Crippen molar-refractivity contribution in [1.82, 2.24) is 25.0 Å². The molecule has 0 aromatic carbocycles. The van der Waals surface area contributed by atoms with Crippen molar-refractivity contribution in [3.63, 3.8) is 0 Å². The minimum atomic E-state index is -0.848. The van der Waals surface area contributed by atoms with Crippen LogP contribution in [0.5, 0.6) is 0 Å². The second-order valence-electron chi connectivity index (χ2n) is 5.85. The summed E-state index contributed by atoms with van der Waals surface area (Å²) in [6.07, 6.45) is 2.97. The van der Waals surface area contributed by atoms with Gasteiger partial charge in [0, 0.05) is 6.54 Å². The number of imide groups is 1. The fourth-order valence-electron chi connectivity index (χ4n) is 2.37. The van der Waals surface area contributed by atoms with E-state index in [1.54, 1.807) is 6.92 Å². The van der Waals surface area contributed by atoms with Crippen molar-refractivity contribution in [2.24, 2.45) is 5.73 Å². The lowest BCUT2D eigenvalue weighted by Crippen LogP contribution is -2.39. The van der Waals surface area contributed by atoms with E-state index in [1.807, 2.05) is 14.1 Å². The summed E-state index contributed by atoms with van der Waals surface area (Å²) in [5.74, 6) is 0.472. The Balaban J connectivity index is 3.03. The molecule has 1 aromatic rings. The first-order valence-corrected chi connectivity index (χ1v) is 9.06. The van der Waals surface area contributed by atoms with Crippen LogP contribution < -0.4 is 11.1 Å². The molecule has 0 spiro atoms. The molecule has 3 amide bonds. The van der Waals surface area contributed by atoms with Crippen LogP contribution in [0.15, 0.2) is 5.16 Å². The lowest BCUT2D eigenvalue weighted by molar-refractivity contribution is -0.119. The average Bonchev–Trinajstić information content (AvgIpc) is 2.87. The van der Waals surface area contributed by atoms with E-state index in [1.165, 1.54) is 11.8 Å². The van der Waals surface area contributed by atoms with Gasteiger partial charge < -0.3 is 10.3 Å². The predicted molar refractivity (Wildman–Crippen MR) is 94.7 cm³/mol. The lowest BCUT2D eigenvalue weighted by atomic mass is 10.2. The Bertz CT molecular complexity index is 560. The third kappa shape index (κ3) is 5.48. The molecule has 3 N–H and O–H groups in total. The highest BCUT2D eigenvalue weighted by molar-refractivity contribution is 8.00. The second kappa shape index (κ2) is 9.63. The van der Waals surface area contributed by atoms with Gasteiger partial charge in [-0.2, -0.15) is 0 Å². The zero-order valence-electron chi connectivity index (χ0n) is 15.1. The van der Waals surface area contributed by atoms with Crippen molar-refractivity contribution >= 4 is 23.7 Å². The van der Waals surface area contributed by atoms with Crippen LogP contribution >= 0.6 is 11.8 Å². The van der Waals surface area contributed by atoms with Crippen LogP contribution in [0.1, 0.15) is 51.9 Å². The molecule has 0 aliphatic carbocycles. The summed E-state index contributed by atoms with van der Waals surface area (Å²) in [5, 5.41) is 10.9. The van der Waals surface area contributed by atoms with Crippen LogP contribution in [0.2, 0.25) is 0 Å². The number of hydrogen-bond donors (Lipinski definition) is 2. The van der Waals surface area contributed by atoms with Gasteiger partial charge in [-0.05, 0) is 33.9 Å². The van der Waals surface area contributed by atoms with E-state index in [4.69, 9.17) is 5.73 Å². The summed E-state index contributed by atoms with van der Waals surface area (Å²) in [7, 11) is 4.03. The number of nitrogens with zero attached hydrogens (tertiary/aromatic N) is 4. The predicted octanol–water partition coefficient (Wildman–Crippen LogP) is 1.77. The molecule has 0 bridgehead atoms. The Labute approximate surface area is 147 Å². The Morgan fingerprint density at radius 3 is 2.50 bits per heavy atom. The number of carbonyl (C=O) groups is 2. The maximum atomic E-state index is 11.9. The SMILES string of the molecule is CCCCn1c(S[C@H](C)C(=O)NC(N)=O)nnc1[C@@H](CC)N(C)C. The maximum Gasteiger partial charge on any atom is 0.318 e. The average molecular weight is 356 g/mol. The number of unbranched alkanes of at least 4 members (excludes halogenated alkanes) is 1. The number of urea groups is 1. The molecule has 1 heterocycles. The Morgan fingerprint density at radius 1 is 1.33 bits per heavy atom. The number of amides is 3. The van der Waals surface area contributed by atoms with E-state index in [0.29, 0.717) is 5.16 Å². The number of rotatable bonds is 9. The zero-order valence-corrected chi connectivity index (χ0v) is 15.9. The first-order valence-electron chi connectivity index (χ1n) is 8.18. The zero-order chi connectivity index (χ0) is 18.3. The monoisotopic (exact) mass is 356 g/mol. The normalized spacial score (nSPS) is 13.8. The molecule has 9 heteroatoms. The number of thioether (sulfide) groups is 1. The molecule has 0 radical (unpaired) electrons. The molecule has 0 aliphatic rings. The smallest absolute Gasteiger partial charge is 0.318 e. The molecule has 0 saturated carbocycles. The van der Waals surface area contributed by atoms with Gasteiger partial charge in [-0.3, -0.25) is 15.0 Å². The van der Waals surface area contributed by atoms with Crippen LogP contribution in [0.25, 0.3) is 0 Å². The minimum absolute atomic E-state index is 0.165. The molecule has 8 nitrogen and oxygen atoms in total. The largest absolute Gasteiger partial charge is 0.351 e. The van der Waals surface area contributed by atoms with Gasteiger partial charge in [-0.1, -0.05) is 32.0 Å². The molecule has 0 aliphatic heterocycles. The van der Waals surface area contributed by atoms with Crippen LogP contribution in [-0.2, 0) is 11.3 Å². The first-order chi connectivity index (χ1) is 11.3. The van der Waals surface area contributed by atoms with Crippen molar-refractivity contribution in [2.75, 3.05) is 14.1 Å². The van der Waals surface area contributed by atoms with Crippen LogP contribution in [0, 0.1) is 0 Å². The van der Waals surface area contributed by atoms with E-state index < -0.39 is 17.2 Å². The lowest BCUT2D eigenvalue weighted by Gasteiger charge is -2.23. The molecule has 0 unspecified atom stereocenters. The van der Waals surface area contributed by atoms with Gasteiger partial charge in [0.15, 0.2) is 11.0 Å². The summed E-state index contributed by atoms with van der Waals surface area (Å²) in [6, 6.07) is -0.683. The molecule has 1 rings (SSSR count). The Hall–Kier alpha value is -1.61. The summed E-state index contributed by atoms with van der Waals surface area (Å²) in [4.78, 5) is 24.8. The fourth-order valence-corrected chi connectivity index (χ4v) is 3.26. The topological polar surface area (TPSA) is 106 Å². The maximum absolute atomic E-state index is 11.9. The summed E-state index contributed by atoms with van der Waals surface area (Å²) in [5.41, 5.74) is 5.00. The molecule has 1 aromatic heterocycles. The van der Waals surface area contributed by atoms with Gasteiger partial charge >= 0.3 is 6.03 Å². The molecule has 2 atom stereocenters. The number of nitrogens with two attached hydrogens (primary N) is 1. The van der Waals surface area contributed by atoms with Crippen molar-refractivity contribution in [1.29, 1.82) is 0 Å². The number of primary amides is 1. The third-order valence-electron chi connectivity index (χ3n) is 3.69. The van der Waals surface area contributed by atoms with E-state index in [0.717, 1.165) is 31.6 Å². The van der Waals surface area contributed by atoms with Gasteiger partial charge in [-0.25, -0.2) is 4.79 Å². The van der Waals surface area contributed by atoms with Crippen molar-refractivity contribution < 1.29 is 9.59 Å². The number of nitrogens with one attached hydrogen (secondary N) is 1. The molecule has 0 saturated heterocycles. The van der Waals surface area contributed by atoms with Crippen molar-refractivity contribution in [3.05, 3.63) is 5.82 Å². The van der Waals surface area contributed by atoms with Gasteiger partial charge in [-0.15, -0.1) is 10.2 Å². The highest BCUT2D eigenvalue weighted by Crippen LogP contribution is 2.28. The minimum Gasteiger partial charge on any atom is -0.351 e. The number of hydrogen-bond acceptors (Lipinski definition) is 6. The van der Waals surface area contributed by atoms with E-state index in [-0.39, 0.29) is 6.04 Å². The summed E-state index contributed by atoms with van der Waals surface area (Å²) < 4.78 is 2.08. The molecule has 136 valence electrons.